The Morgan fingerprint density at radius 2 is 1.70 bits per heavy atom. The monoisotopic (exact) mass is 504 g/mol. The van der Waals surface area contributed by atoms with E-state index < -0.39 is 15.9 Å². The summed E-state index contributed by atoms with van der Waals surface area (Å²) in [6.45, 7) is 2.03. The molecule has 0 saturated heterocycles. The summed E-state index contributed by atoms with van der Waals surface area (Å²) in [7, 11) is -3.67. The fourth-order valence-electron chi connectivity index (χ4n) is 3.03. The van der Waals surface area contributed by atoms with Crippen LogP contribution in [-0.4, -0.2) is 33.7 Å². The molecule has 1 N–H and O–H groups in total. The molecule has 0 fully saturated rings. The number of hydrogen-bond donors (Lipinski definition) is 1. The van der Waals surface area contributed by atoms with Crippen LogP contribution in [0.3, 0.4) is 0 Å². The molecule has 9 heteroatoms. The minimum atomic E-state index is -3.67. The lowest BCUT2D eigenvalue weighted by Gasteiger charge is -2.22. The number of nitrogens with one attached hydrogen (secondary N) is 1. The van der Waals surface area contributed by atoms with Gasteiger partial charge in [-0.05, 0) is 61.0 Å². The normalized spacial score (nSPS) is 11.1. The number of halogens is 1. The highest BCUT2D eigenvalue weighted by atomic mass is 35.5. The van der Waals surface area contributed by atoms with Crippen LogP contribution in [0.2, 0.25) is 5.02 Å². The van der Waals surface area contributed by atoms with E-state index >= 15 is 0 Å². The summed E-state index contributed by atoms with van der Waals surface area (Å²) in [6, 6.07) is 21.6. The van der Waals surface area contributed by atoms with Gasteiger partial charge in [-0.25, -0.2) is 8.42 Å². The number of carbonyl (C=O) groups is 1. The molecule has 0 radical (unpaired) electrons. The number of nitrogens with zero attached hydrogens (tertiary/aromatic N) is 1. The Kier molecular flexibility index (Phi) is 8.66. The molecule has 0 saturated carbocycles. The number of rotatable bonds is 10. The molecule has 0 aromatic heterocycles. The van der Waals surface area contributed by atoms with Gasteiger partial charge in [-0.15, -0.1) is 11.8 Å². The summed E-state index contributed by atoms with van der Waals surface area (Å²) in [4.78, 5) is 13.7. The molecule has 1 amide bonds. The van der Waals surface area contributed by atoms with Crippen molar-refractivity contribution < 1.29 is 17.9 Å². The minimum Gasteiger partial charge on any atom is -0.494 e. The maximum absolute atomic E-state index is 12.8. The third kappa shape index (κ3) is 7.42. The van der Waals surface area contributed by atoms with E-state index in [2.05, 4.69) is 5.32 Å². The van der Waals surface area contributed by atoms with Gasteiger partial charge in [-0.3, -0.25) is 9.10 Å². The van der Waals surface area contributed by atoms with E-state index in [9.17, 15) is 13.2 Å². The Hall–Kier alpha value is -2.68. The Labute approximate surface area is 204 Å². The summed E-state index contributed by atoms with van der Waals surface area (Å²) >= 11 is 7.52. The quantitative estimate of drug-likeness (QED) is 0.372. The van der Waals surface area contributed by atoms with Gasteiger partial charge in [0, 0.05) is 15.7 Å². The van der Waals surface area contributed by atoms with E-state index in [1.54, 1.807) is 42.1 Å². The molecule has 3 aromatic carbocycles. The van der Waals surface area contributed by atoms with Crippen molar-refractivity contribution in [1.29, 1.82) is 0 Å². The first-order valence-corrected chi connectivity index (χ1v) is 13.4. The lowest BCUT2D eigenvalue weighted by molar-refractivity contribution is -0.114. The zero-order chi connectivity index (χ0) is 23.8. The topological polar surface area (TPSA) is 75.7 Å². The fraction of sp³-hybridized carbons (Fsp3) is 0.208. The van der Waals surface area contributed by atoms with Gasteiger partial charge in [0.25, 0.3) is 0 Å². The lowest BCUT2D eigenvalue weighted by Crippen LogP contribution is -2.37. The van der Waals surface area contributed by atoms with Gasteiger partial charge in [-0.2, -0.15) is 0 Å². The van der Waals surface area contributed by atoms with Crippen molar-refractivity contribution in [1.82, 2.24) is 0 Å². The molecule has 0 spiro atoms. The summed E-state index contributed by atoms with van der Waals surface area (Å²) in [5.74, 6) is 0.894. The van der Waals surface area contributed by atoms with Crippen molar-refractivity contribution in [2.24, 2.45) is 0 Å². The average Bonchev–Trinajstić information content (AvgIpc) is 2.78. The number of sulfonamides is 1. The molecule has 0 aliphatic heterocycles. The predicted octanol–water partition coefficient (Wildman–Crippen LogP) is 5.44. The van der Waals surface area contributed by atoms with Gasteiger partial charge in [0.15, 0.2) is 0 Å². The number of hydrogen-bond acceptors (Lipinski definition) is 5. The van der Waals surface area contributed by atoms with Gasteiger partial charge in [0.1, 0.15) is 12.3 Å². The first-order chi connectivity index (χ1) is 15.8. The number of benzene rings is 3. The van der Waals surface area contributed by atoms with Crippen LogP contribution in [-0.2, 0) is 20.6 Å². The zero-order valence-corrected chi connectivity index (χ0v) is 20.7. The highest BCUT2D eigenvalue weighted by Gasteiger charge is 2.21. The Morgan fingerprint density at radius 3 is 2.33 bits per heavy atom. The van der Waals surface area contributed by atoms with Crippen molar-refractivity contribution in [3.8, 4) is 5.75 Å². The Bertz CT molecular complexity index is 1180. The average molecular weight is 505 g/mol. The maximum atomic E-state index is 12.8. The summed E-state index contributed by atoms with van der Waals surface area (Å²) in [6.07, 6.45) is 1.08. The lowest BCUT2D eigenvalue weighted by atomic mass is 10.2. The second-order valence-electron chi connectivity index (χ2n) is 7.16. The first kappa shape index (κ1) is 25.0. The van der Waals surface area contributed by atoms with Crippen LogP contribution in [0.1, 0.15) is 12.5 Å². The first-order valence-electron chi connectivity index (χ1n) is 10.2. The van der Waals surface area contributed by atoms with Crippen LogP contribution >= 0.6 is 23.4 Å². The van der Waals surface area contributed by atoms with Crippen molar-refractivity contribution >= 4 is 50.7 Å². The second kappa shape index (κ2) is 11.4. The molecule has 6 nitrogen and oxygen atoms in total. The predicted molar refractivity (Wildman–Crippen MR) is 136 cm³/mol. The number of para-hydroxylation sites is 1. The van der Waals surface area contributed by atoms with Crippen LogP contribution in [0, 0.1) is 0 Å². The molecule has 33 heavy (non-hydrogen) atoms. The third-order valence-corrected chi connectivity index (χ3v) is 7.13. The van der Waals surface area contributed by atoms with Crippen LogP contribution in [0.15, 0.2) is 77.7 Å². The summed E-state index contributed by atoms with van der Waals surface area (Å²) in [5, 5.41) is 3.53. The third-order valence-electron chi connectivity index (χ3n) is 4.59. The molecule has 0 bridgehead atoms. The molecular formula is C24H25ClN2O4S2. The van der Waals surface area contributed by atoms with E-state index in [-0.39, 0.29) is 6.54 Å². The smallest absolute Gasteiger partial charge is 0.245 e. The van der Waals surface area contributed by atoms with E-state index in [1.165, 1.54) is 0 Å². The molecule has 174 valence electrons. The molecule has 3 aromatic rings. The molecule has 0 heterocycles. The molecule has 0 unspecified atom stereocenters. The van der Waals surface area contributed by atoms with E-state index in [0.717, 1.165) is 21.0 Å². The van der Waals surface area contributed by atoms with E-state index in [0.29, 0.717) is 34.5 Å². The van der Waals surface area contributed by atoms with Gasteiger partial charge in [0.2, 0.25) is 15.9 Å². The van der Waals surface area contributed by atoms with Gasteiger partial charge < -0.3 is 10.1 Å². The van der Waals surface area contributed by atoms with Crippen molar-refractivity contribution in [3.63, 3.8) is 0 Å². The summed E-state index contributed by atoms with van der Waals surface area (Å²) in [5.41, 5.74) is 2.12. The molecule has 0 aliphatic carbocycles. The van der Waals surface area contributed by atoms with Gasteiger partial charge >= 0.3 is 0 Å². The highest BCUT2D eigenvalue weighted by Crippen LogP contribution is 2.30. The van der Waals surface area contributed by atoms with E-state index in [4.69, 9.17) is 16.3 Å². The molecule has 0 atom stereocenters. The Balaban J connectivity index is 1.71. The van der Waals surface area contributed by atoms with Gasteiger partial charge in [-0.1, -0.05) is 35.9 Å². The number of anilines is 2. The standard InChI is InChI=1S/C24H25ClN2O4S2/c1-3-31-21-14-12-20(13-15-21)27(33(2,29)30)16-24(28)26-22-6-4-5-7-23(22)32-17-18-8-10-19(25)11-9-18/h4-15H,3,16-17H2,1-2H3,(H,26,28). The van der Waals surface area contributed by atoms with E-state index in [1.807, 2.05) is 49.4 Å². The van der Waals surface area contributed by atoms with Crippen LogP contribution in [0.4, 0.5) is 11.4 Å². The zero-order valence-electron chi connectivity index (χ0n) is 18.3. The highest BCUT2D eigenvalue weighted by molar-refractivity contribution is 7.98. The Morgan fingerprint density at radius 1 is 1.03 bits per heavy atom. The molecular weight excluding hydrogens is 480 g/mol. The fourth-order valence-corrected chi connectivity index (χ4v) is 4.98. The van der Waals surface area contributed by atoms with Crippen LogP contribution in [0.5, 0.6) is 5.75 Å². The largest absolute Gasteiger partial charge is 0.494 e. The number of carbonyl (C=O) groups excluding carboxylic acids is 1. The van der Waals surface area contributed by atoms with Crippen molar-refractivity contribution in [2.45, 2.75) is 17.6 Å². The summed E-state index contributed by atoms with van der Waals surface area (Å²) < 4.78 is 31.2. The van der Waals surface area contributed by atoms with Crippen LogP contribution in [0.25, 0.3) is 0 Å². The minimum absolute atomic E-state index is 0.344. The van der Waals surface area contributed by atoms with Crippen molar-refractivity contribution in [3.05, 3.63) is 83.4 Å². The number of amides is 1. The second-order valence-corrected chi connectivity index (χ2v) is 10.5. The SMILES string of the molecule is CCOc1ccc(N(CC(=O)Nc2ccccc2SCc2ccc(Cl)cc2)S(C)(=O)=O)cc1. The van der Waals surface area contributed by atoms with Crippen molar-refractivity contribution in [2.75, 3.05) is 29.0 Å². The molecule has 0 aliphatic rings. The van der Waals surface area contributed by atoms with Crippen LogP contribution < -0.4 is 14.4 Å². The number of ether oxygens (including phenoxy) is 1. The maximum Gasteiger partial charge on any atom is 0.245 e. The number of thioether (sulfide) groups is 1. The molecule has 3 rings (SSSR count). The van der Waals surface area contributed by atoms with Gasteiger partial charge in [0.05, 0.1) is 24.2 Å².